The Morgan fingerprint density at radius 2 is 1.89 bits per heavy atom. The van der Waals surface area contributed by atoms with Crippen LogP contribution in [0, 0.1) is 0 Å². The van der Waals surface area contributed by atoms with Gasteiger partial charge in [0.05, 0.1) is 0 Å². The number of para-hydroxylation sites is 1. The van der Waals surface area contributed by atoms with Crippen LogP contribution in [0.5, 0.6) is 0 Å². The molecule has 0 N–H and O–H groups in total. The second-order valence-corrected chi connectivity index (χ2v) is 5.39. The minimum Gasteiger partial charge on any atom is -0.458 e. The van der Waals surface area contributed by atoms with Crippen molar-refractivity contribution in [3.8, 4) is 0 Å². The summed E-state index contributed by atoms with van der Waals surface area (Å²) in [5.74, 6) is 0.00836. The van der Waals surface area contributed by atoms with Crippen LogP contribution in [0.2, 0.25) is 0 Å². The van der Waals surface area contributed by atoms with Crippen molar-refractivity contribution in [2.75, 3.05) is 0 Å². The molecule has 0 aliphatic carbocycles. The smallest absolute Gasteiger partial charge is 0.458 e. The van der Waals surface area contributed by atoms with Gasteiger partial charge in [0.1, 0.15) is 17.4 Å². The molecule has 0 aliphatic heterocycles. The summed E-state index contributed by atoms with van der Waals surface area (Å²) in [6, 6.07) is 8.15. The van der Waals surface area contributed by atoms with Crippen LogP contribution in [0.1, 0.15) is 18.8 Å². The van der Waals surface area contributed by atoms with E-state index in [-0.39, 0.29) is 5.76 Å². The molecule has 0 amide bonds. The highest BCUT2D eigenvalue weighted by atomic mass is 32.2. The zero-order valence-corrected chi connectivity index (χ0v) is 10.5. The first-order valence-corrected chi connectivity index (χ1v) is 6.59. The lowest BCUT2D eigenvalue weighted by atomic mass is 10.2. The van der Waals surface area contributed by atoms with Gasteiger partial charge in [0.25, 0.3) is 0 Å². The minimum absolute atomic E-state index is 0.00836. The van der Waals surface area contributed by atoms with Gasteiger partial charge in [-0.25, -0.2) is 0 Å². The van der Waals surface area contributed by atoms with Crippen LogP contribution in [-0.2, 0) is 14.3 Å². The SMILES string of the molecule is CC(OS(=O)(=O)C(F)(F)F)c1cc2ccccc2o1. The molecule has 1 heterocycles. The van der Waals surface area contributed by atoms with Crippen molar-refractivity contribution in [1.82, 2.24) is 0 Å². The van der Waals surface area contributed by atoms with Gasteiger partial charge in [0.15, 0.2) is 0 Å². The monoisotopic (exact) mass is 294 g/mol. The molecule has 0 saturated heterocycles. The maximum atomic E-state index is 12.2. The average molecular weight is 294 g/mol. The fourth-order valence-corrected chi connectivity index (χ4v) is 2.08. The Kier molecular flexibility index (Phi) is 3.31. The Balaban J connectivity index is 2.28. The number of halogens is 3. The van der Waals surface area contributed by atoms with Crippen LogP contribution in [-0.4, -0.2) is 13.9 Å². The van der Waals surface area contributed by atoms with E-state index in [4.69, 9.17) is 4.42 Å². The van der Waals surface area contributed by atoms with Crippen LogP contribution < -0.4 is 0 Å². The van der Waals surface area contributed by atoms with E-state index in [1.54, 1.807) is 24.3 Å². The maximum Gasteiger partial charge on any atom is 0.523 e. The number of fused-ring (bicyclic) bond motifs is 1. The molecule has 2 aromatic rings. The van der Waals surface area contributed by atoms with Crippen molar-refractivity contribution in [3.63, 3.8) is 0 Å². The van der Waals surface area contributed by atoms with E-state index in [0.717, 1.165) is 0 Å². The summed E-state index contributed by atoms with van der Waals surface area (Å²) in [4.78, 5) is 0. The van der Waals surface area contributed by atoms with E-state index >= 15 is 0 Å². The zero-order chi connectivity index (χ0) is 14.3. The van der Waals surface area contributed by atoms with Crippen LogP contribution in [0.15, 0.2) is 34.7 Å². The number of hydrogen-bond acceptors (Lipinski definition) is 4. The third-order valence-corrected chi connectivity index (χ3v) is 3.51. The first-order chi connectivity index (χ1) is 8.71. The van der Waals surface area contributed by atoms with Crippen molar-refractivity contribution < 1.29 is 30.2 Å². The second-order valence-electron chi connectivity index (χ2n) is 3.82. The topological polar surface area (TPSA) is 56.5 Å². The molecule has 1 aromatic heterocycles. The fraction of sp³-hybridized carbons (Fsp3) is 0.273. The van der Waals surface area contributed by atoms with Gasteiger partial charge in [0.2, 0.25) is 0 Å². The van der Waals surface area contributed by atoms with Gasteiger partial charge < -0.3 is 4.42 Å². The van der Waals surface area contributed by atoms with Gasteiger partial charge in [-0.1, -0.05) is 18.2 Å². The summed E-state index contributed by atoms with van der Waals surface area (Å²) in [5, 5.41) is 0.650. The molecule has 1 atom stereocenters. The largest absolute Gasteiger partial charge is 0.523 e. The lowest BCUT2D eigenvalue weighted by Crippen LogP contribution is -2.26. The molecular formula is C11H9F3O4S. The molecule has 0 aliphatic rings. The third kappa shape index (κ3) is 2.74. The van der Waals surface area contributed by atoms with Gasteiger partial charge in [-0.3, -0.25) is 4.18 Å². The van der Waals surface area contributed by atoms with Crippen molar-refractivity contribution >= 4 is 21.1 Å². The summed E-state index contributed by atoms with van der Waals surface area (Å²) in [5.41, 5.74) is -5.01. The average Bonchev–Trinajstić information content (AvgIpc) is 2.70. The molecular weight excluding hydrogens is 285 g/mol. The fourth-order valence-electron chi connectivity index (χ4n) is 1.49. The molecule has 1 unspecified atom stereocenters. The molecule has 4 nitrogen and oxygen atoms in total. The van der Waals surface area contributed by atoms with Crippen LogP contribution in [0.4, 0.5) is 13.2 Å². The zero-order valence-electron chi connectivity index (χ0n) is 9.64. The predicted molar refractivity (Wildman–Crippen MR) is 60.7 cm³/mol. The highest BCUT2D eigenvalue weighted by Crippen LogP contribution is 2.32. The molecule has 1 aromatic carbocycles. The number of benzene rings is 1. The van der Waals surface area contributed by atoms with Crippen LogP contribution in [0.3, 0.4) is 0 Å². The molecule has 8 heteroatoms. The maximum absolute atomic E-state index is 12.2. The molecule has 0 radical (unpaired) electrons. The van der Waals surface area contributed by atoms with Crippen LogP contribution in [0.25, 0.3) is 11.0 Å². The Hall–Kier alpha value is -1.54. The molecule has 0 spiro atoms. The van der Waals surface area contributed by atoms with E-state index in [1.165, 1.54) is 13.0 Å². The molecule has 19 heavy (non-hydrogen) atoms. The van der Waals surface area contributed by atoms with Crippen molar-refractivity contribution in [3.05, 3.63) is 36.1 Å². The number of rotatable bonds is 3. The Bertz CT molecular complexity index is 654. The number of furan rings is 1. The first-order valence-electron chi connectivity index (χ1n) is 5.19. The molecule has 0 fully saturated rings. The normalized spacial score (nSPS) is 14.7. The predicted octanol–water partition coefficient (Wildman–Crippen LogP) is 3.36. The van der Waals surface area contributed by atoms with Crippen molar-refractivity contribution in [2.45, 2.75) is 18.5 Å². The number of alkyl halides is 3. The Morgan fingerprint density at radius 3 is 2.47 bits per heavy atom. The summed E-state index contributed by atoms with van der Waals surface area (Å²) < 4.78 is 67.5. The van der Waals surface area contributed by atoms with Gasteiger partial charge in [-0.2, -0.15) is 21.6 Å². The van der Waals surface area contributed by atoms with Gasteiger partial charge in [-0.15, -0.1) is 0 Å². The lowest BCUT2D eigenvalue weighted by Gasteiger charge is -2.12. The molecule has 0 bridgehead atoms. The highest BCUT2D eigenvalue weighted by Gasteiger charge is 2.48. The van der Waals surface area contributed by atoms with E-state index in [0.29, 0.717) is 11.0 Å². The van der Waals surface area contributed by atoms with E-state index in [2.05, 4.69) is 4.18 Å². The summed E-state index contributed by atoms with van der Waals surface area (Å²) in [7, 11) is -5.64. The van der Waals surface area contributed by atoms with E-state index in [1.807, 2.05) is 0 Å². The lowest BCUT2D eigenvalue weighted by molar-refractivity contribution is -0.0574. The van der Waals surface area contributed by atoms with E-state index in [9.17, 15) is 21.6 Å². The quantitative estimate of drug-likeness (QED) is 0.643. The highest BCUT2D eigenvalue weighted by molar-refractivity contribution is 7.87. The standard InChI is InChI=1S/C11H9F3O4S/c1-7(18-19(15,16)11(12,13)14)10-6-8-4-2-3-5-9(8)17-10/h2-7H,1H3. The van der Waals surface area contributed by atoms with Gasteiger partial charge in [0, 0.05) is 5.39 Å². The van der Waals surface area contributed by atoms with Gasteiger partial charge >= 0.3 is 15.6 Å². The van der Waals surface area contributed by atoms with Crippen molar-refractivity contribution in [2.24, 2.45) is 0 Å². The van der Waals surface area contributed by atoms with Gasteiger partial charge in [-0.05, 0) is 19.1 Å². The summed E-state index contributed by atoms with van der Waals surface area (Å²) in [6.07, 6.45) is -1.36. The molecule has 104 valence electrons. The minimum atomic E-state index is -5.64. The first kappa shape index (κ1) is 13.9. The molecule has 0 saturated carbocycles. The molecule has 2 rings (SSSR count). The Morgan fingerprint density at radius 1 is 1.26 bits per heavy atom. The number of hydrogen-bond donors (Lipinski definition) is 0. The third-order valence-electron chi connectivity index (χ3n) is 2.40. The summed E-state index contributed by atoms with van der Waals surface area (Å²) in [6.45, 7) is 1.17. The Labute approximate surface area is 106 Å². The van der Waals surface area contributed by atoms with Crippen molar-refractivity contribution in [1.29, 1.82) is 0 Å². The van der Waals surface area contributed by atoms with Crippen LogP contribution >= 0.6 is 0 Å². The van der Waals surface area contributed by atoms with E-state index < -0.39 is 21.7 Å². The second kappa shape index (κ2) is 4.53. The summed E-state index contributed by atoms with van der Waals surface area (Å²) >= 11 is 0.